The average Bonchev–Trinajstić information content (AvgIpc) is 2.45. The van der Waals surface area contributed by atoms with Gasteiger partial charge >= 0.3 is 6.18 Å². The summed E-state index contributed by atoms with van der Waals surface area (Å²) < 4.78 is 39.6. The third-order valence-corrected chi connectivity index (χ3v) is 3.92. The van der Waals surface area contributed by atoms with Crippen LogP contribution in [-0.4, -0.2) is 16.7 Å². The summed E-state index contributed by atoms with van der Waals surface area (Å²) in [5, 5.41) is 0.319. The van der Waals surface area contributed by atoms with Crippen molar-refractivity contribution >= 4 is 33.8 Å². The van der Waals surface area contributed by atoms with E-state index in [4.69, 9.17) is 11.6 Å². The summed E-state index contributed by atoms with van der Waals surface area (Å²) in [5.41, 5.74) is 1.67. The molecule has 0 amide bonds. The number of rotatable bonds is 1. The molecule has 0 unspecified atom stereocenters. The van der Waals surface area contributed by atoms with Crippen LogP contribution in [0.15, 0.2) is 35.5 Å². The van der Waals surface area contributed by atoms with Gasteiger partial charge < -0.3 is 4.90 Å². The molecule has 0 radical (unpaired) electrons. The first-order valence-electron chi connectivity index (χ1n) is 6.91. The maximum atomic E-state index is 13.2. The molecular weight excluding hydrogens is 327 g/mol. The average molecular weight is 340 g/mol. The zero-order chi connectivity index (χ0) is 16.8. The minimum atomic E-state index is -4.42. The summed E-state index contributed by atoms with van der Waals surface area (Å²) in [6.07, 6.45) is -2.78. The molecule has 0 N–H and O–H groups in total. The fraction of sp³-hybridized carbons (Fsp3) is 0.250. The van der Waals surface area contributed by atoms with Gasteiger partial charge in [-0.05, 0) is 43.7 Å². The standard InChI is InChI=1S/C16H13ClF3N3/c1-9-6-12-14(7-11(9)16(18,19)20)23(8-15(17)22-12)13-4-3-5-21-10(13)2/h3-7H,8H2,1-2H3. The lowest BCUT2D eigenvalue weighted by Gasteiger charge is -2.30. The van der Waals surface area contributed by atoms with Crippen LogP contribution < -0.4 is 4.90 Å². The van der Waals surface area contributed by atoms with Gasteiger partial charge in [-0.2, -0.15) is 13.2 Å². The van der Waals surface area contributed by atoms with Crippen molar-refractivity contribution in [1.82, 2.24) is 4.98 Å². The van der Waals surface area contributed by atoms with Crippen molar-refractivity contribution in [2.24, 2.45) is 4.99 Å². The van der Waals surface area contributed by atoms with Crippen LogP contribution in [0.25, 0.3) is 0 Å². The van der Waals surface area contributed by atoms with E-state index in [0.717, 1.165) is 6.07 Å². The minimum Gasteiger partial charge on any atom is -0.331 e. The van der Waals surface area contributed by atoms with E-state index in [1.165, 1.54) is 13.0 Å². The number of nitrogens with zero attached hydrogens (tertiary/aromatic N) is 3. The van der Waals surface area contributed by atoms with Gasteiger partial charge in [0.1, 0.15) is 5.17 Å². The summed E-state index contributed by atoms with van der Waals surface area (Å²) >= 11 is 6.09. The smallest absolute Gasteiger partial charge is 0.331 e. The monoisotopic (exact) mass is 339 g/mol. The molecule has 120 valence electrons. The maximum Gasteiger partial charge on any atom is 0.416 e. The predicted octanol–water partition coefficient (Wildman–Crippen LogP) is 5.14. The normalized spacial score (nSPS) is 14.5. The van der Waals surface area contributed by atoms with Crippen LogP contribution in [0.5, 0.6) is 0 Å². The number of alkyl halides is 3. The van der Waals surface area contributed by atoms with E-state index in [1.807, 2.05) is 0 Å². The molecule has 0 fully saturated rings. The number of pyridine rings is 1. The number of benzene rings is 1. The van der Waals surface area contributed by atoms with Crippen LogP contribution in [0.3, 0.4) is 0 Å². The molecule has 3 rings (SSSR count). The summed E-state index contributed by atoms with van der Waals surface area (Å²) in [7, 11) is 0. The Morgan fingerprint density at radius 3 is 2.57 bits per heavy atom. The third-order valence-electron chi connectivity index (χ3n) is 3.72. The van der Waals surface area contributed by atoms with Gasteiger partial charge in [-0.25, -0.2) is 4.99 Å². The lowest BCUT2D eigenvalue weighted by molar-refractivity contribution is -0.138. The number of anilines is 2. The van der Waals surface area contributed by atoms with Crippen molar-refractivity contribution in [1.29, 1.82) is 0 Å². The zero-order valence-corrected chi connectivity index (χ0v) is 13.2. The molecule has 1 aromatic heterocycles. The van der Waals surface area contributed by atoms with Gasteiger partial charge in [-0.15, -0.1) is 0 Å². The summed E-state index contributed by atoms with van der Waals surface area (Å²) in [5.74, 6) is 0. The second-order valence-electron chi connectivity index (χ2n) is 5.34. The first-order chi connectivity index (χ1) is 10.8. The van der Waals surface area contributed by atoms with Crippen LogP contribution in [-0.2, 0) is 6.18 Å². The van der Waals surface area contributed by atoms with Crippen molar-refractivity contribution in [2.45, 2.75) is 20.0 Å². The van der Waals surface area contributed by atoms with Gasteiger partial charge in [-0.3, -0.25) is 4.98 Å². The van der Waals surface area contributed by atoms with E-state index in [9.17, 15) is 13.2 Å². The van der Waals surface area contributed by atoms with E-state index in [-0.39, 0.29) is 12.1 Å². The summed E-state index contributed by atoms with van der Waals surface area (Å²) in [6, 6.07) is 6.08. The summed E-state index contributed by atoms with van der Waals surface area (Å²) in [6.45, 7) is 3.43. The Bertz CT molecular complexity index is 800. The molecule has 0 saturated heterocycles. The highest BCUT2D eigenvalue weighted by atomic mass is 35.5. The third kappa shape index (κ3) is 2.91. The molecule has 23 heavy (non-hydrogen) atoms. The number of halogens is 4. The van der Waals surface area contributed by atoms with E-state index in [1.54, 1.807) is 30.2 Å². The Morgan fingerprint density at radius 2 is 1.91 bits per heavy atom. The Hall–Kier alpha value is -2.08. The SMILES string of the molecule is Cc1cc2c(cc1C(F)(F)F)N(c1cccnc1C)CC(Cl)=N2. The second-order valence-corrected chi connectivity index (χ2v) is 5.77. The number of aromatic nitrogens is 1. The fourth-order valence-electron chi connectivity index (χ4n) is 2.65. The highest BCUT2D eigenvalue weighted by Gasteiger charge is 2.35. The first-order valence-corrected chi connectivity index (χ1v) is 7.29. The summed E-state index contributed by atoms with van der Waals surface area (Å²) in [4.78, 5) is 10.1. The molecule has 0 atom stereocenters. The quantitative estimate of drug-likeness (QED) is 0.720. The number of aryl methyl sites for hydroxylation is 2. The van der Waals surface area contributed by atoms with E-state index in [0.29, 0.717) is 27.9 Å². The maximum absolute atomic E-state index is 13.2. The van der Waals surface area contributed by atoms with Crippen molar-refractivity contribution in [3.8, 4) is 0 Å². The number of hydrogen-bond acceptors (Lipinski definition) is 3. The van der Waals surface area contributed by atoms with Gasteiger partial charge in [0.25, 0.3) is 0 Å². The van der Waals surface area contributed by atoms with Crippen LogP contribution in [0.1, 0.15) is 16.8 Å². The molecule has 1 aromatic carbocycles. The van der Waals surface area contributed by atoms with E-state index in [2.05, 4.69) is 9.98 Å². The topological polar surface area (TPSA) is 28.5 Å². The van der Waals surface area contributed by atoms with E-state index >= 15 is 0 Å². The van der Waals surface area contributed by atoms with Crippen molar-refractivity contribution in [3.05, 3.63) is 47.3 Å². The van der Waals surface area contributed by atoms with Crippen LogP contribution in [0.2, 0.25) is 0 Å². The fourth-order valence-corrected chi connectivity index (χ4v) is 2.86. The van der Waals surface area contributed by atoms with Crippen molar-refractivity contribution in [2.75, 3.05) is 11.4 Å². The molecule has 1 aliphatic rings. The van der Waals surface area contributed by atoms with Crippen molar-refractivity contribution in [3.63, 3.8) is 0 Å². The molecule has 1 aliphatic heterocycles. The molecular formula is C16H13ClF3N3. The highest BCUT2D eigenvalue weighted by molar-refractivity contribution is 6.66. The predicted molar refractivity (Wildman–Crippen MR) is 85.1 cm³/mol. The molecule has 0 bridgehead atoms. The van der Waals surface area contributed by atoms with E-state index < -0.39 is 11.7 Å². The first kappa shape index (κ1) is 15.8. The lowest BCUT2D eigenvalue weighted by atomic mass is 10.0. The number of fused-ring (bicyclic) bond motifs is 1. The molecule has 2 heterocycles. The van der Waals surface area contributed by atoms with Gasteiger partial charge in [0.15, 0.2) is 0 Å². The van der Waals surface area contributed by atoms with Crippen LogP contribution in [0.4, 0.5) is 30.2 Å². The van der Waals surface area contributed by atoms with Gasteiger partial charge in [0, 0.05) is 6.20 Å². The Balaban J connectivity index is 2.22. The van der Waals surface area contributed by atoms with Crippen LogP contribution >= 0.6 is 11.6 Å². The molecule has 0 spiro atoms. The Morgan fingerprint density at radius 1 is 1.17 bits per heavy atom. The molecule has 0 aliphatic carbocycles. The largest absolute Gasteiger partial charge is 0.416 e. The molecule has 3 nitrogen and oxygen atoms in total. The highest BCUT2D eigenvalue weighted by Crippen LogP contribution is 2.43. The number of aliphatic imine (C=N–C) groups is 1. The zero-order valence-electron chi connectivity index (χ0n) is 12.4. The molecule has 0 saturated carbocycles. The Labute approximate surface area is 136 Å². The Kier molecular flexibility index (Phi) is 3.80. The second kappa shape index (κ2) is 5.53. The van der Waals surface area contributed by atoms with Gasteiger partial charge in [-0.1, -0.05) is 11.6 Å². The minimum absolute atomic E-state index is 0.120. The molecule has 7 heteroatoms. The van der Waals surface area contributed by atoms with Gasteiger partial charge in [0.2, 0.25) is 0 Å². The van der Waals surface area contributed by atoms with Crippen molar-refractivity contribution < 1.29 is 13.2 Å². The van der Waals surface area contributed by atoms with Gasteiger partial charge in [0.05, 0.1) is 34.9 Å². The lowest BCUT2D eigenvalue weighted by Crippen LogP contribution is -2.27. The van der Waals surface area contributed by atoms with Crippen LogP contribution in [0, 0.1) is 13.8 Å². The number of hydrogen-bond donors (Lipinski definition) is 0. The molecule has 2 aromatic rings.